The first-order chi connectivity index (χ1) is 35.1. The molecule has 330 valence electrons. The van der Waals surface area contributed by atoms with Crippen LogP contribution in [0, 0.1) is 22.7 Å². The third kappa shape index (κ3) is 6.44. The first-order valence-corrected chi connectivity index (χ1v) is 24.0. The lowest BCUT2D eigenvalue weighted by atomic mass is 9.70. The van der Waals surface area contributed by atoms with E-state index in [1.807, 2.05) is 24.3 Å². The predicted octanol–water partition coefficient (Wildman–Crippen LogP) is 17.2. The van der Waals surface area contributed by atoms with Gasteiger partial charge in [0.25, 0.3) is 0 Å². The van der Waals surface area contributed by atoms with Gasteiger partial charge in [-0.05, 0) is 140 Å². The molecule has 0 aromatic heterocycles. The van der Waals surface area contributed by atoms with E-state index in [-0.39, 0.29) is 0 Å². The van der Waals surface area contributed by atoms with E-state index in [4.69, 9.17) is 0 Å². The molecule has 4 nitrogen and oxygen atoms in total. The van der Waals surface area contributed by atoms with Gasteiger partial charge in [-0.1, -0.05) is 176 Å². The second-order valence-electron chi connectivity index (χ2n) is 18.2. The average Bonchev–Trinajstić information content (AvgIpc) is 3.93. The molecule has 13 rings (SSSR count). The third-order valence-electron chi connectivity index (χ3n) is 14.5. The van der Waals surface area contributed by atoms with Crippen molar-refractivity contribution in [3.8, 4) is 56.6 Å². The van der Waals surface area contributed by atoms with Crippen LogP contribution in [0.1, 0.15) is 33.4 Å². The minimum Gasteiger partial charge on any atom is -0.310 e. The van der Waals surface area contributed by atoms with Gasteiger partial charge in [-0.3, -0.25) is 0 Å². The highest BCUT2D eigenvalue weighted by molar-refractivity contribution is 6.13. The van der Waals surface area contributed by atoms with E-state index < -0.39 is 5.41 Å². The SMILES string of the molecule is N#Cc1ccc(N(c2ccc3c(c2)C2(c4ccccc4-c4ccccc42)c2cc(N(c4ccc(C#N)cc4)c4ccccc4-c4ccccc4)c4ccccc4c2-3)c2ccccc2-c2ccccc2)cc1. The first kappa shape index (κ1) is 41.4. The van der Waals surface area contributed by atoms with Gasteiger partial charge in [0, 0.05) is 33.6 Å². The number of fused-ring (bicyclic) bond motifs is 12. The van der Waals surface area contributed by atoms with E-state index in [1.165, 1.54) is 44.5 Å². The zero-order valence-electron chi connectivity index (χ0n) is 38.5. The molecule has 71 heavy (non-hydrogen) atoms. The lowest BCUT2D eigenvalue weighted by molar-refractivity contribution is 0.794. The Morgan fingerprint density at radius 3 is 1.28 bits per heavy atom. The molecule has 0 radical (unpaired) electrons. The Labute approximate surface area is 413 Å². The van der Waals surface area contributed by atoms with Gasteiger partial charge >= 0.3 is 0 Å². The number of nitrogens with zero attached hydrogens (tertiary/aromatic N) is 4. The van der Waals surface area contributed by atoms with Crippen molar-refractivity contribution >= 4 is 44.9 Å². The largest absolute Gasteiger partial charge is 0.310 e. The summed E-state index contributed by atoms with van der Waals surface area (Å²) in [6, 6.07) is 95.3. The molecule has 11 aromatic carbocycles. The summed E-state index contributed by atoms with van der Waals surface area (Å²) < 4.78 is 0. The zero-order chi connectivity index (χ0) is 47.5. The maximum absolute atomic E-state index is 10.00. The molecule has 0 unspecified atom stereocenters. The van der Waals surface area contributed by atoms with Gasteiger partial charge in [0.1, 0.15) is 0 Å². The maximum atomic E-state index is 10.00. The number of anilines is 6. The zero-order valence-corrected chi connectivity index (χ0v) is 38.5. The smallest absolute Gasteiger partial charge is 0.0991 e. The molecule has 0 bridgehead atoms. The molecule has 2 aliphatic carbocycles. The van der Waals surface area contributed by atoms with Gasteiger partial charge in [0.15, 0.2) is 0 Å². The lowest BCUT2D eigenvalue weighted by Gasteiger charge is -2.34. The minimum atomic E-state index is -0.725. The molecule has 2 aliphatic rings. The molecule has 11 aromatic rings. The fourth-order valence-electron chi connectivity index (χ4n) is 11.6. The summed E-state index contributed by atoms with van der Waals surface area (Å²) in [5.74, 6) is 0. The second-order valence-corrected chi connectivity index (χ2v) is 18.2. The topological polar surface area (TPSA) is 54.1 Å². The van der Waals surface area contributed by atoms with Crippen molar-refractivity contribution in [3.05, 3.63) is 288 Å². The molecular weight excluding hydrogens is 861 g/mol. The molecule has 4 heteroatoms. The highest BCUT2D eigenvalue weighted by atomic mass is 15.2. The summed E-state index contributed by atoms with van der Waals surface area (Å²) in [7, 11) is 0. The summed E-state index contributed by atoms with van der Waals surface area (Å²) in [4.78, 5) is 4.75. The fraction of sp³-hybridized carbons (Fsp3) is 0.0149. The molecule has 0 saturated heterocycles. The van der Waals surface area contributed by atoms with Crippen LogP contribution in [0.15, 0.2) is 255 Å². The van der Waals surface area contributed by atoms with Crippen molar-refractivity contribution in [1.82, 2.24) is 0 Å². The summed E-state index contributed by atoms with van der Waals surface area (Å²) in [5.41, 5.74) is 20.7. The van der Waals surface area contributed by atoms with Crippen molar-refractivity contribution in [3.63, 3.8) is 0 Å². The summed E-state index contributed by atoms with van der Waals surface area (Å²) >= 11 is 0. The summed E-state index contributed by atoms with van der Waals surface area (Å²) in [5, 5.41) is 22.2. The molecule has 0 aliphatic heterocycles. The Balaban J connectivity index is 1.13. The van der Waals surface area contributed by atoms with Crippen molar-refractivity contribution < 1.29 is 0 Å². The van der Waals surface area contributed by atoms with Crippen LogP contribution in [0.3, 0.4) is 0 Å². The molecule has 0 atom stereocenters. The molecule has 0 saturated carbocycles. The highest BCUT2D eigenvalue weighted by Crippen LogP contribution is 2.65. The first-order valence-electron chi connectivity index (χ1n) is 24.0. The van der Waals surface area contributed by atoms with Crippen LogP contribution < -0.4 is 9.80 Å². The minimum absolute atomic E-state index is 0.606. The van der Waals surface area contributed by atoms with Crippen LogP contribution in [0.2, 0.25) is 0 Å². The number of para-hydroxylation sites is 2. The maximum Gasteiger partial charge on any atom is 0.0991 e. The van der Waals surface area contributed by atoms with E-state index in [2.05, 4.69) is 252 Å². The quantitative estimate of drug-likeness (QED) is 0.152. The fourth-order valence-corrected chi connectivity index (χ4v) is 11.6. The van der Waals surface area contributed by atoms with Gasteiger partial charge in [0.05, 0.1) is 45.7 Å². The van der Waals surface area contributed by atoms with Crippen LogP contribution in [-0.4, -0.2) is 0 Å². The second kappa shape index (κ2) is 16.8. The molecule has 0 fully saturated rings. The van der Waals surface area contributed by atoms with Crippen molar-refractivity contribution in [2.24, 2.45) is 0 Å². The van der Waals surface area contributed by atoms with E-state index in [0.29, 0.717) is 11.1 Å². The lowest BCUT2D eigenvalue weighted by Crippen LogP contribution is -2.26. The third-order valence-corrected chi connectivity index (χ3v) is 14.5. The van der Waals surface area contributed by atoms with E-state index in [0.717, 1.165) is 67.2 Å². The van der Waals surface area contributed by atoms with Crippen molar-refractivity contribution in [2.75, 3.05) is 9.80 Å². The van der Waals surface area contributed by atoms with Crippen LogP contribution >= 0.6 is 0 Å². The Bertz CT molecular complexity index is 3910. The Morgan fingerprint density at radius 2 is 0.732 bits per heavy atom. The van der Waals surface area contributed by atoms with Gasteiger partial charge < -0.3 is 9.80 Å². The molecule has 0 amide bonds. The van der Waals surface area contributed by atoms with Crippen LogP contribution in [-0.2, 0) is 5.41 Å². The summed E-state index contributed by atoms with van der Waals surface area (Å²) in [6.45, 7) is 0. The number of hydrogen-bond donors (Lipinski definition) is 0. The van der Waals surface area contributed by atoms with Gasteiger partial charge in [0.2, 0.25) is 0 Å². The van der Waals surface area contributed by atoms with Crippen LogP contribution in [0.5, 0.6) is 0 Å². The molecule has 1 spiro atoms. The van der Waals surface area contributed by atoms with Gasteiger partial charge in [-0.2, -0.15) is 10.5 Å². The summed E-state index contributed by atoms with van der Waals surface area (Å²) in [6.07, 6.45) is 0. The van der Waals surface area contributed by atoms with Crippen LogP contribution in [0.25, 0.3) is 55.3 Å². The predicted molar refractivity (Wildman–Crippen MR) is 290 cm³/mol. The standard InChI is InChI=1S/C67H42N4/c68-43-45-31-35-49(36-32-45)70(63-29-15-11-21-52(63)47-17-3-1-4-18-47)51-39-40-58-61(41-51)67(59-27-13-9-23-54(59)55-24-10-14-28-60(55)67)62-42-65(56-25-7-8-26-57(56)66(58)62)71(50-37-33-46(44-69)34-38-50)64-30-16-12-22-53(64)48-19-5-2-6-20-48/h1-42H. The number of rotatable bonds is 8. The van der Waals surface area contributed by atoms with E-state index >= 15 is 0 Å². The van der Waals surface area contributed by atoms with Crippen molar-refractivity contribution in [1.29, 1.82) is 10.5 Å². The Kier molecular flexibility index (Phi) is 9.80. The number of hydrogen-bond acceptors (Lipinski definition) is 4. The van der Waals surface area contributed by atoms with Crippen molar-refractivity contribution in [2.45, 2.75) is 5.41 Å². The van der Waals surface area contributed by atoms with Gasteiger partial charge in [-0.25, -0.2) is 0 Å². The molecule has 0 N–H and O–H groups in total. The highest BCUT2D eigenvalue weighted by Gasteiger charge is 2.53. The normalized spacial score (nSPS) is 12.3. The van der Waals surface area contributed by atoms with Crippen LogP contribution in [0.4, 0.5) is 34.1 Å². The molecule has 0 heterocycles. The average molecular weight is 903 g/mol. The molecular formula is C67H42N4. The van der Waals surface area contributed by atoms with Gasteiger partial charge in [-0.15, -0.1) is 0 Å². The Hall–Kier alpha value is -9.74. The number of nitriles is 2. The monoisotopic (exact) mass is 902 g/mol. The Morgan fingerprint density at radius 1 is 0.296 bits per heavy atom. The number of benzene rings is 11. The van der Waals surface area contributed by atoms with E-state index in [9.17, 15) is 10.5 Å². The van der Waals surface area contributed by atoms with E-state index in [1.54, 1.807) is 0 Å².